The van der Waals surface area contributed by atoms with Crippen molar-refractivity contribution in [3.8, 4) is 23.8 Å². The molecule has 0 atom stereocenters. The van der Waals surface area contributed by atoms with Gasteiger partial charge in [0.1, 0.15) is 0 Å². The van der Waals surface area contributed by atoms with Crippen LogP contribution in [0.25, 0.3) is 6.08 Å². The average Bonchev–Trinajstić information content (AvgIpc) is 2.42. The highest BCUT2D eigenvalue weighted by molar-refractivity contribution is 5.91. The van der Waals surface area contributed by atoms with Gasteiger partial charge in [-0.2, -0.15) is 0 Å². The van der Waals surface area contributed by atoms with Crippen molar-refractivity contribution in [1.82, 2.24) is 5.32 Å². The van der Waals surface area contributed by atoms with Gasteiger partial charge in [-0.1, -0.05) is 12.0 Å². The molecule has 0 aliphatic carbocycles. The number of rotatable bonds is 5. The molecule has 0 unspecified atom stereocenters. The Labute approximate surface area is 107 Å². The summed E-state index contributed by atoms with van der Waals surface area (Å²) in [6, 6.07) is 5.38. The minimum Gasteiger partial charge on any atom is -0.493 e. The van der Waals surface area contributed by atoms with E-state index < -0.39 is 0 Å². The summed E-state index contributed by atoms with van der Waals surface area (Å²) in [6.45, 7) is 0.217. The van der Waals surface area contributed by atoms with E-state index in [9.17, 15) is 4.79 Å². The first kappa shape index (κ1) is 13.7. The van der Waals surface area contributed by atoms with E-state index in [4.69, 9.17) is 15.9 Å². The first-order valence-corrected chi connectivity index (χ1v) is 5.32. The molecular formula is C14H15NO3. The van der Waals surface area contributed by atoms with Crippen molar-refractivity contribution in [2.24, 2.45) is 0 Å². The summed E-state index contributed by atoms with van der Waals surface area (Å²) in [5.74, 6) is 3.35. The largest absolute Gasteiger partial charge is 0.493 e. The van der Waals surface area contributed by atoms with Gasteiger partial charge in [0.15, 0.2) is 11.5 Å². The van der Waals surface area contributed by atoms with E-state index in [1.807, 2.05) is 6.07 Å². The monoisotopic (exact) mass is 245 g/mol. The molecule has 4 nitrogen and oxygen atoms in total. The predicted octanol–water partition coefficient (Wildman–Crippen LogP) is 1.47. The van der Waals surface area contributed by atoms with Crippen molar-refractivity contribution in [1.29, 1.82) is 0 Å². The van der Waals surface area contributed by atoms with Crippen LogP contribution in [-0.2, 0) is 4.79 Å². The maximum Gasteiger partial charge on any atom is 0.244 e. The number of methoxy groups -OCH3 is 2. The van der Waals surface area contributed by atoms with Gasteiger partial charge >= 0.3 is 0 Å². The van der Waals surface area contributed by atoms with Gasteiger partial charge in [-0.25, -0.2) is 0 Å². The molecule has 0 saturated carbocycles. The minimum atomic E-state index is -0.234. The minimum absolute atomic E-state index is 0.217. The Morgan fingerprint density at radius 1 is 1.39 bits per heavy atom. The van der Waals surface area contributed by atoms with E-state index in [1.165, 1.54) is 6.08 Å². The SMILES string of the molecule is C#CCNC(=O)C=Cc1ccc(OC)c(OC)c1. The van der Waals surface area contributed by atoms with Crippen LogP contribution in [0.4, 0.5) is 0 Å². The van der Waals surface area contributed by atoms with Crippen molar-refractivity contribution in [3.05, 3.63) is 29.8 Å². The van der Waals surface area contributed by atoms with E-state index >= 15 is 0 Å². The smallest absolute Gasteiger partial charge is 0.244 e. The molecule has 0 aliphatic heterocycles. The zero-order valence-electron chi connectivity index (χ0n) is 10.4. The third kappa shape index (κ3) is 3.87. The van der Waals surface area contributed by atoms with Crippen LogP contribution in [0.5, 0.6) is 11.5 Å². The topological polar surface area (TPSA) is 47.6 Å². The van der Waals surface area contributed by atoms with Gasteiger partial charge in [0.2, 0.25) is 5.91 Å². The summed E-state index contributed by atoms with van der Waals surface area (Å²) >= 11 is 0. The average molecular weight is 245 g/mol. The second-order valence-electron chi connectivity index (χ2n) is 3.37. The van der Waals surface area contributed by atoms with Crippen molar-refractivity contribution < 1.29 is 14.3 Å². The number of hydrogen-bond acceptors (Lipinski definition) is 3. The molecule has 0 fully saturated rings. The number of terminal acetylenes is 1. The Balaban J connectivity index is 2.76. The highest BCUT2D eigenvalue weighted by atomic mass is 16.5. The summed E-state index contributed by atoms with van der Waals surface area (Å²) in [4.78, 5) is 11.3. The second kappa shape index (κ2) is 7.02. The molecule has 4 heteroatoms. The van der Waals surface area contributed by atoms with Crippen molar-refractivity contribution in [2.45, 2.75) is 0 Å². The maximum absolute atomic E-state index is 11.3. The Bertz CT molecular complexity index is 486. The van der Waals surface area contributed by atoms with Crippen LogP contribution in [-0.4, -0.2) is 26.7 Å². The Hall–Kier alpha value is -2.41. The highest BCUT2D eigenvalue weighted by Crippen LogP contribution is 2.27. The first-order valence-electron chi connectivity index (χ1n) is 5.32. The molecule has 0 heterocycles. The quantitative estimate of drug-likeness (QED) is 0.631. The van der Waals surface area contributed by atoms with Gasteiger partial charge < -0.3 is 14.8 Å². The Kier molecular flexibility index (Phi) is 5.33. The van der Waals surface area contributed by atoms with Gasteiger partial charge in [0.05, 0.1) is 20.8 Å². The number of amides is 1. The van der Waals surface area contributed by atoms with E-state index in [1.54, 1.807) is 32.4 Å². The zero-order valence-corrected chi connectivity index (χ0v) is 10.4. The molecule has 1 N–H and O–H groups in total. The van der Waals surface area contributed by atoms with Gasteiger partial charge in [0.25, 0.3) is 0 Å². The third-order valence-corrected chi connectivity index (χ3v) is 2.20. The number of nitrogens with one attached hydrogen (secondary N) is 1. The van der Waals surface area contributed by atoms with Gasteiger partial charge in [-0.15, -0.1) is 6.42 Å². The number of benzene rings is 1. The lowest BCUT2D eigenvalue weighted by molar-refractivity contribution is -0.116. The summed E-state index contributed by atoms with van der Waals surface area (Å²) in [5, 5.41) is 2.54. The Morgan fingerprint density at radius 3 is 2.72 bits per heavy atom. The van der Waals surface area contributed by atoms with Crippen LogP contribution in [0.3, 0.4) is 0 Å². The lowest BCUT2D eigenvalue weighted by atomic mass is 10.2. The molecule has 0 bridgehead atoms. The van der Waals surface area contributed by atoms with E-state index in [2.05, 4.69) is 11.2 Å². The van der Waals surface area contributed by atoms with Gasteiger partial charge in [-0.3, -0.25) is 4.79 Å². The predicted molar refractivity (Wildman–Crippen MR) is 70.4 cm³/mol. The fourth-order valence-electron chi connectivity index (χ4n) is 1.33. The molecule has 0 radical (unpaired) electrons. The molecule has 1 amide bonds. The van der Waals surface area contributed by atoms with Crippen LogP contribution in [0.1, 0.15) is 5.56 Å². The number of carbonyl (C=O) groups is 1. The molecule has 1 aromatic carbocycles. The third-order valence-electron chi connectivity index (χ3n) is 2.20. The molecule has 0 aliphatic rings. The lowest BCUT2D eigenvalue weighted by Crippen LogP contribution is -2.20. The van der Waals surface area contributed by atoms with Gasteiger partial charge in [0, 0.05) is 6.08 Å². The summed E-state index contributed by atoms with van der Waals surface area (Å²) < 4.78 is 10.3. The molecule has 0 spiro atoms. The molecular weight excluding hydrogens is 230 g/mol. The molecule has 94 valence electrons. The van der Waals surface area contributed by atoms with Crippen molar-refractivity contribution in [2.75, 3.05) is 20.8 Å². The number of ether oxygens (including phenoxy) is 2. The fourth-order valence-corrected chi connectivity index (χ4v) is 1.33. The molecule has 0 saturated heterocycles. The molecule has 0 aromatic heterocycles. The fraction of sp³-hybridized carbons (Fsp3) is 0.214. The lowest BCUT2D eigenvalue weighted by Gasteiger charge is -2.07. The molecule has 18 heavy (non-hydrogen) atoms. The summed E-state index contributed by atoms with van der Waals surface area (Å²) in [6.07, 6.45) is 8.12. The van der Waals surface area contributed by atoms with Crippen molar-refractivity contribution >= 4 is 12.0 Å². The van der Waals surface area contributed by atoms with Gasteiger partial charge in [-0.05, 0) is 23.8 Å². The maximum atomic E-state index is 11.3. The molecule has 1 aromatic rings. The Morgan fingerprint density at radius 2 is 2.11 bits per heavy atom. The summed E-state index contributed by atoms with van der Waals surface area (Å²) in [5.41, 5.74) is 0.837. The standard InChI is InChI=1S/C14H15NO3/c1-4-9-15-14(16)8-6-11-5-7-12(17-2)13(10-11)18-3/h1,5-8,10H,9H2,2-3H3,(H,15,16). The van der Waals surface area contributed by atoms with Crippen LogP contribution in [0, 0.1) is 12.3 Å². The van der Waals surface area contributed by atoms with Crippen LogP contribution in [0.15, 0.2) is 24.3 Å². The zero-order chi connectivity index (χ0) is 13.4. The number of hydrogen-bond donors (Lipinski definition) is 1. The van der Waals surface area contributed by atoms with E-state index in [0.717, 1.165) is 5.56 Å². The first-order chi connectivity index (χ1) is 8.71. The summed E-state index contributed by atoms with van der Waals surface area (Å²) in [7, 11) is 3.13. The second-order valence-corrected chi connectivity index (χ2v) is 3.37. The van der Waals surface area contributed by atoms with E-state index in [0.29, 0.717) is 11.5 Å². The van der Waals surface area contributed by atoms with Crippen LogP contribution in [0.2, 0.25) is 0 Å². The number of carbonyl (C=O) groups excluding carboxylic acids is 1. The van der Waals surface area contributed by atoms with Crippen molar-refractivity contribution in [3.63, 3.8) is 0 Å². The van der Waals surface area contributed by atoms with Crippen LogP contribution < -0.4 is 14.8 Å². The highest BCUT2D eigenvalue weighted by Gasteiger charge is 2.02. The van der Waals surface area contributed by atoms with E-state index in [-0.39, 0.29) is 12.5 Å². The normalized spacial score (nSPS) is 9.83. The molecule has 1 rings (SSSR count). The van der Waals surface area contributed by atoms with Crippen LogP contribution >= 0.6 is 0 Å².